The minimum Gasteiger partial charge on any atom is -0.381 e. The molecule has 0 bridgehead atoms. The molecule has 1 atom stereocenters. The summed E-state index contributed by atoms with van der Waals surface area (Å²) in [5.41, 5.74) is 0. The second-order valence-electron chi connectivity index (χ2n) is 5.91. The SMILES string of the molecule is CC(C)NCC1CCCN1CC1CCOCC1. The Bertz CT molecular complexity index is 214. The molecule has 0 aromatic rings. The van der Waals surface area contributed by atoms with E-state index in [0.29, 0.717) is 6.04 Å². The van der Waals surface area contributed by atoms with Gasteiger partial charge in [-0.2, -0.15) is 0 Å². The first kappa shape index (κ1) is 13.3. The number of ether oxygens (including phenoxy) is 1. The summed E-state index contributed by atoms with van der Waals surface area (Å²) in [6.45, 7) is 10.2. The van der Waals surface area contributed by atoms with E-state index < -0.39 is 0 Å². The van der Waals surface area contributed by atoms with Crippen molar-refractivity contribution in [2.45, 2.75) is 51.6 Å². The number of nitrogens with zero attached hydrogens (tertiary/aromatic N) is 1. The molecule has 17 heavy (non-hydrogen) atoms. The van der Waals surface area contributed by atoms with Crippen molar-refractivity contribution in [1.82, 2.24) is 10.2 Å². The normalized spacial score (nSPS) is 28.1. The molecule has 2 fully saturated rings. The van der Waals surface area contributed by atoms with Gasteiger partial charge in [-0.3, -0.25) is 4.90 Å². The maximum atomic E-state index is 5.44. The highest BCUT2D eigenvalue weighted by Gasteiger charge is 2.27. The van der Waals surface area contributed by atoms with E-state index in [1.165, 1.54) is 45.3 Å². The van der Waals surface area contributed by atoms with Crippen LogP contribution < -0.4 is 5.32 Å². The van der Waals surface area contributed by atoms with E-state index in [1.807, 2.05) is 0 Å². The number of rotatable bonds is 5. The first-order chi connectivity index (χ1) is 8.25. The lowest BCUT2D eigenvalue weighted by Crippen LogP contribution is -2.42. The van der Waals surface area contributed by atoms with Gasteiger partial charge in [-0.15, -0.1) is 0 Å². The lowest BCUT2D eigenvalue weighted by atomic mass is 9.99. The van der Waals surface area contributed by atoms with Gasteiger partial charge in [-0.25, -0.2) is 0 Å². The third-order valence-corrected chi connectivity index (χ3v) is 4.09. The van der Waals surface area contributed by atoms with Crippen molar-refractivity contribution in [3.8, 4) is 0 Å². The summed E-state index contributed by atoms with van der Waals surface area (Å²) in [6.07, 6.45) is 5.29. The second-order valence-corrected chi connectivity index (χ2v) is 5.91. The van der Waals surface area contributed by atoms with Crippen molar-refractivity contribution in [2.24, 2.45) is 5.92 Å². The quantitative estimate of drug-likeness (QED) is 0.794. The zero-order chi connectivity index (χ0) is 12.1. The number of likely N-dealkylation sites (tertiary alicyclic amines) is 1. The first-order valence-corrected chi connectivity index (χ1v) is 7.31. The summed E-state index contributed by atoms with van der Waals surface area (Å²) in [7, 11) is 0. The molecule has 0 saturated carbocycles. The van der Waals surface area contributed by atoms with Crippen LogP contribution in [0.5, 0.6) is 0 Å². The predicted molar refractivity (Wildman–Crippen MR) is 71.3 cm³/mol. The second kappa shape index (κ2) is 6.72. The molecule has 2 rings (SSSR count). The molecule has 0 spiro atoms. The van der Waals surface area contributed by atoms with Crippen LogP contribution >= 0.6 is 0 Å². The van der Waals surface area contributed by atoms with Gasteiger partial charge in [0.25, 0.3) is 0 Å². The zero-order valence-electron chi connectivity index (χ0n) is 11.5. The highest BCUT2D eigenvalue weighted by molar-refractivity contribution is 4.83. The smallest absolute Gasteiger partial charge is 0.0469 e. The van der Waals surface area contributed by atoms with Crippen molar-refractivity contribution in [1.29, 1.82) is 0 Å². The number of nitrogens with one attached hydrogen (secondary N) is 1. The third-order valence-electron chi connectivity index (χ3n) is 4.09. The van der Waals surface area contributed by atoms with E-state index in [1.54, 1.807) is 0 Å². The number of hydrogen-bond acceptors (Lipinski definition) is 3. The Kier molecular flexibility index (Phi) is 5.26. The summed E-state index contributed by atoms with van der Waals surface area (Å²) in [6, 6.07) is 1.39. The summed E-state index contributed by atoms with van der Waals surface area (Å²) in [4.78, 5) is 2.71. The fraction of sp³-hybridized carbons (Fsp3) is 1.00. The van der Waals surface area contributed by atoms with Crippen LogP contribution in [-0.2, 0) is 4.74 Å². The molecule has 100 valence electrons. The van der Waals surface area contributed by atoms with Crippen molar-refractivity contribution >= 4 is 0 Å². The molecule has 0 aromatic heterocycles. The highest BCUT2D eigenvalue weighted by atomic mass is 16.5. The van der Waals surface area contributed by atoms with E-state index >= 15 is 0 Å². The van der Waals surface area contributed by atoms with Gasteiger partial charge in [0, 0.05) is 38.4 Å². The minimum atomic E-state index is 0.612. The van der Waals surface area contributed by atoms with Gasteiger partial charge in [-0.05, 0) is 38.1 Å². The van der Waals surface area contributed by atoms with Crippen LogP contribution in [-0.4, -0.2) is 49.8 Å². The van der Waals surface area contributed by atoms with Gasteiger partial charge in [0.05, 0.1) is 0 Å². The van der Waals surface area contributed by atoms with Gasteiger partial charge >= 0.3 is 0 Å². The first-order valence-electron chi connectivity index (χ1n) is 7.31. The lowest BCUT2D eigenvalue weighted by molar-refractivity contribution is 0.0506. The van der Waals surface area contributed by atoms with Crippen LogP contribution in [0.15, 0.2) is 0 Å². The fourth-order valence-electron chi connectivity index (χ4n) is 3.00. The Hall–Kier alpha value is -0.120. The van der Waals surface area contributed by atoms with E-state index in [2.05, 4.69) is 24.1 Å². The van der Waals surface area contributed by atoms with E-state index in [4.69, 9.17) is 4.74 Å². The summed E-state index contributed by atoms with van der Waals surface area (Å²) in [5, 5.41) is 3.59. The summed E-state index contributed by atoms with van der Waals surface area (Å²) >= 11 is 0. The Morgan fingerprint density at radius 2 is 2.00 bits per heavy atom. The zero-order valence-corrected chi connectivity index (χ0v) is 11.5. The largest absolute Gasteiger partial charge is 0.381 e. The standard InChI is InChI=1S/C14H28N2O/c1-12(2)15-10-14-4-3-7-16(14)11-13-5-8-17-9-6-13/h12-15H,3-11H2,1-2H3. The van der Waals surface area contributed by atoms with Crippen LogP contribution in [0.2, 0.25) is 0 Å². The molecule has 2 saturated heterocycles. The fourth-order valence-corrected chi connectivity index (χ4v) is 3.00. The van der Waals surface area contributed by atoms with Gasteiger partial charge in [0.1, 0.15) is 0 Å². The third kappa shape index (κ3) is 4.23. The molecule has 0 amide bonds. The number of hydrogen-bond donors (Lipinski definition) is 1. The Labute approximate surface area is 106 Å². The van der Waals surface area contributed by atoms with Gasteiger partial charge < -0.3 is 10.1 Å². The molecule has 0 radical (unpaired) electrons. The Morgan fingerprint density at radius 1 is 1.24 bits per heavy atom. The molecule has 2 aliphatic heterocycles. The molecular weight excluding hydrogens is 212 g/mol. The van der Waals surface area contributed by atoms with Crippen LogP contribution in [0.4, 0.5) is 0 Å². The van der Waals surface area contributed by atoms with Crippen LogP contribution in [0.3, 0.4) is 0 Å². The Balaban J connectivity index is 1.73. The maximum absolute atomic E-state index is 5.44. The Morgan fingerprint density at radius 3 is 2.71 bits per heavy atom. The average Bonchev–Trinajstić information content (AvgIpc) is 2.75. The highest BCUT2D eigenvalue weighted by Crippen LogP contribution is 2.22. The van der Waals surface area contributed by atoms with Crippen molar-refractivity contribution < 1.29 is 4.74 Å². The molecule has 2 aliphatic rings. The van der Waals surface area contributed by atoms with Gasteiger partial charge in [-0.1, -0.05) is 13.8 Å². The van der Waals surface area contributed by atoms with Gasteiger partial charge in [0.2, 0.25) is 0 Å². The van der Waals surface area contributed by atoms with E-state index in [0.717, 1.165) is 25.2 Å². The van der Waals surface area contributed by atoms with Crippen LogP contribution in [0.1, 0.15) is 39.5 Å². The molecule has 0 aliphatic carbocycles. The summed E-state index contributed by atoms with van der Waals surface area (Å²) in [5.74, 6) is 0.878. The van der Waals surface area contributed by atoms with Crippen molar-refractivity contribution in [3.05, 3.63) is 0 Å². The van der Waals surface area contributed by atoms with E-state index in [-0.39, 0.29) is 0 Å². The molecule has 1 unspecified atom stereocenters. The van der Waals surface area contributed by atoms with Crippen LogP contribution in [0.25, 0.3) is 0 Å². The lowest BCUT2D eigenvalue weighted by Gasteiger charge is -2.31. The van der Waals surface area contributed by atoms with Gasteiger partial charge in [0.15, 0.2) is 0 Å². The molecule has 3 heteroatoms. The van der Waals surface area contributed by atoms with Crippen molar-refractivity contribution in [3.63, 3.8) is 0 Å². The van der Waals surface area contributed by atoms with Crippen molar-refractivity contribution in [2.75, 3.05) is 32.8 Å². The topological polar surface area (TPSA) is 24.5 Å². The van der Waals surface area contributed by atoms with Crippen LogP contribution in [0, 0.1) is 5.92 Å². The molecule has 1 N–H and O–H groups in total. The molecule has 2 heterocycles. The van der Waals surface area contributed by atoms with E-state index in [9.17, 15) is 0 Å². The average molecular weight is 240 g/mol. The summed E-state index contributed by atoms with van der Waals surface area (Å²) < 4.78 is 5.44. The monoisotopic (exact) mass is 240 g/mol. The molecule has 0 aromatic carbocycles. The molecular formula is C14H28N2O. The maximum Gasteiger partial charge on any atom is 0.0469 e. The molecule has 3 nitrogen and oxygen atoms in total. The minimum absolute atomic E-state index is 0.612. The predicted octanol–water partition coefficient (Wildman–Crippen LogP) is 1.88.